The summed E-state index contributed by atoms with van der Waals surface area (Å²) in [5.74, 6) is 0.745. The van der Waals surface area contributed by atoms with Crippen molar-refractivity contribution in [3.05, 3.63) is 76.8 Å². The van der Waals surface area contributed by atoms with Crippen molar-refractivity contribution >= 4 is 34.3 Å². The first kappa shape index (κ1) is 18.1. The standard InChI is InChI=1S/C22H17ClN2O3/c1-13-15(22-25-18-12-14(23)10-11-20(18)28-22)7-5-8-17(13)24-21(26)16-6-3-4-9-19(16)27-2/h3-12H,1-2H3,(H,24,26). The van der Waals surface area contributed by atoms with Crippen molar-refractivity contribution < 1.29 is 13.9 Å². The molecule has 0 radical (unpaired) electrons. The fraction of sp³-hybridized carbons (Fsp3) is 0.0909. The number of rotatable bonds is 4. The van der Waals surface area contributed by atoms with Gasteiger partial charge in [0.25, 0.3) is 5.91 Å². The molecule has 1 aromatic heterocycles. The summed E-state index contributed by atoms with van der Waals surface area (Å²) in [6, 6.07) is 18.0. The molecule has 3 aromatic carbocycles. The molecule has 6 heteroatoms. The minimum absolute atomic E-state index is 0.248. The van der Waals surface area contributed by atoms with Gasteiger partial charge in [0.15, 0.2) is 5.58 Å². The Morgan fingerprint density at radius 3 is 2.75 bits per heavy atom. The number of nitrogens with zero attached hydrogens (tertiary/aromatic N) is 1. The molecular weight excluding hydrogens is 376 g/mol. The van der Waals surface area contributed by atoms with Crippen LogP contribution in [0.3, 0.4) is 0 Å². The van der Waals surface area contributed by atoms with Gasteiger partial charge in [-0.2, -0.15) is 0 Å². The maximum atomic E-state index is 12.7. The Kier molecular flexibility index (Phi) is 4.75. The number of anilines is 1. The minimum atomic E-state index is -0.248. The predicted octanol–water partition coefficient (Wildman–Crippen LogP) is 5.72. The summed E-state index contributed by atoms with van der Waals surface area (Å²) in [6.07, 6.45) is 0. The molecule has 4 rings (SSSR count). The number of carbonyl (C=O) groups excluding carboxylic acids is 1. The molecule has 0 unspecified atom stereocenters. The van der Waals surface area contributed by atoms with Gasteiger partial charge in [0.05, 0.1) is 12.7 Å². The molecule has 0 fully saturated rings. The molecular formula is C22H17ClN2O3. The first-order valence-electron chi connectivity index (χ1n) is 8.67. The summed E-state index contributed by atoms with van der Waals surface area (Å²) in [6.45, 7) is 1.91. The average molecular weight is 393 g/mol. The van der Waals surface area contributed by atoms with Gasteiger partial charge in [-0.25, -0.2) is 4.98 Å². The third-order valence-corrected chi connectivity index (χ3v) is 4.75. The highest BCUT2D eigenvalue weighted by Crippen LogP contribution is 2.32. The van der Waals surface area contributed by atoms with E-state index in [0.29, 0.717) is 39.0 Å². The number of hydrogen-bond donors (Lipinski definition) is 1. The van der Waals surface area contributed by atoms with Crippen molar-refractivity contribution in [2.24, 2.45) is 0 Å². The molecule has 1 heterocycles. The van der Waals surface area contributed by atoms with Gasteiger partial charge in [-0.3, -0.25) is 4.79 Å². The van der Waals surface area contributed by atoms with Gasteiger partial charge in [-0.1, -0.05) is 29.8 Å². The van der Waals surface area contributed by atoms with Crippen LogP contribution in [-0.4, -0.2) is 18.0 Å². The smallest absolute Gasteiger partial charge is 0.259 e. The zero-order chi connectivity index (χ0) is 19.7. The Labute approximate surface area is 166 Å². The second-order valence-electron chi connectivity index (χ2n) is 6.26. The topological polar surface area (TPSA) is 64.4 Å². The molecule has 0 spiro atoms. The third kappa shape index (κ3) is 3.32. The van der Waals surface area contributed by atoms with Crippen LogP contribution in [0.4, 0.5) is 5.69 Å². The quantitative estimate of drug-likeness (QED) is 0.482. The molecule has 1 N–H and O–H groups in total. The van der Waals surface area contributed by atoms with Gasteiger partial charge in [-0.15, -0.1) is 0 Å². The Balaban J connectivity index is 1.69. The largest absolute Gasteiger partial charge is 0.496 e. The number of benzene rings is 3. The molecule has 4 aromatic rings. The lowest BCUT2D eigenvalue weighted by Gasteiger charge is -2.12. The highest BCUT2D eigenvalue weighted by Gasteiger charge is 2.16. The zero-order valence-electron chi connectivity index (χ0n) is 15.3. The Morgan fingerprint density at radius 1 is 1.11 bits per heavy atom. The summed E-state index contributed by atoms with van der Waals surface area (Å²) >= 11 is 6.03. The van der Waals surface area contributed by atoms with Crippen LogP contribution in [0.2, 0.25) is 5.02 Å². The van der Waals surface area contributed by atoms with E-state index in [9.17, 15) is 4.79 Å². The van der Waals surface area contributed by atoms with Crippen LogP contribution in [0.25, 0.3) is 22.6 Å². The summed E-state index contributed by atoms with van der Waals surface area (Å²) in [5.41, 5.74) is 4.13. The Morgan fingerprint density at radius 2 is 1.93 bits per heavy atom. The Bertz CT molecular complexity index is 1180. The lowest BCUT2D eigenvalue weighted by atomic mass is 10.1. The first-order chi connectivity index (χ1) is 13.6. The number of carbonyl (C=O) groups is 1. The monoisotopic (exact) mass is 392 g/mol. The van der Waals surface area contributed by atoms with Crippen LogP contribution in [0, 0.1) is 6.92 Å². The lowest BCUT2D eigenvalue weighted by Crippen LogP contribution is -2.14. The van der Waals surface area contributed by atoms with E-state index in [0.717, 1.165) is 11.1 Å². The maximum Gasteiger partial charge on any atom is 0.259 e. The van der Waals surface area contributed by atoms with E-state index >= 15 is 0 Å². The van der Waals surface area contributed by atoms with E-state index in [2.05, 4.69) is 10.3 Å². The van der Waals surface area contributed by atoms with E-state index in [1.54, 1.807) is 36.4 Å². The van der Waals surface area contributed by atoms with Crippen LogP contribution in [0.1, 0.15) is 15.9 Å². The molecule has 0 saturated carbocycles. The van der Waals surface area contributed by atoms with Gasteiger partial charge in [0.2, 0.25) is 5.89 Å². The molecule has 140 valence electrons. The number of hydrogen-bond acceptors (Lipinski definition) is 4. The van der Waals surface area contributed by atoms with E-state index < -0.39 is 0 Å². The average Bonchev–Trinajstić information content (AvgIpc) is 3.12. The van der Waals surface area contributed by atoms with Crippen LogP contribution in [-0.2, 0) is 0 Å². The number of oxazole rings is 1. The summed E-state index contributed by atoms with van der Waals surface area (Å²) < 4.78 is 11.1. The number of methoxy groups -OCH3 is 1. The summed E-state index contributed by atoms with van der Waals surface area (Å²) in [5, 5.41) is 3.54. The first-order valence-corrected chi connectivity index (χ1v) is 9.05. The van der Waals surface area contributed by atoms with Gasteiger partial charge >= 0.3 is 0 Å². The van der Waals surface area contributed by atoms with Crippen molar-refractivity contribution in [3.63, 3.8) is 0 Å². The fourth-order valence-corrected chi connectivity index (χ4v) is 3.21. The third-order valence-electron chi connectivity index (χ3n) is 4.51. The normalized spacial score (nSPS) is 10.8. The SMILES string of the molecule is COc1ccccc1C(=O)Nc1cccc(-c2nc3cc(Cl)ccc3o2)c1C. The number of amides is 1. The van der Waals surface area contributed by atoms with Crippen molar-refractivity contribution in [2.75, 3.05) is 12.4 Å². The molecule has 0 aliphatic rings. The van der Waals surface area contributed by atoms with Crippen LogP contribution >= 0.6 is 11.6 Å². The fourth-order valence-electron chi connectivity index (χ4n) is 3.04. The molecule has 1 amide bonds. The number of ether oxygens (including phenoxy) is 1. The van der Waals surface area contributed by atoms with Crippen molar-refractivity contribution in [3.8, 4) is 17.2 Å². The lowest BCUT2D eigenvalue weighted by molar-refractivity contribution is 0.102. The van der Waals surface area contributed by atoms with Gasteiger partial charge in [0, 0.05) is 16.3 Å². The minimum Gasteiger partial charge on any atom is -0.496 e. The summed E-state index contributed by atoms with van der Waals surface area (Å²) in [4.78, 5) is 17.3. The van der Waals surface area contributed by atoms with Crippen LogP contribution in [0.5, 0.6) is 5.75 Å². The molecule has 5 nitrogen and oxygen atoms in total. The molecule has 0 atom stereocenters. The van der Waals surface area contributed by atoms with Gasteiger partial charge in [-0.05, 0) is 55.0 Å². The highest BCUT2D eigenvalue weighted by molar-refractivity contribution is 6.31. The van der Waals surface area contributed by atoms with Crippen LogP contribution in [0.15, 0.2) is 65.1 Å². The number of fused-ring (bicyclic) bond motifs is 1. The second-order valence-corrected chi connectivity index (χ2v) is 6.70. The molecule has 0 saturated heterocycles. The maximum absolute atomic E-state index is 12.7. The van der Waals surface area contributed by atoms with E-state index in [4.69, 9.17) is 20.8 Å². The van der Waals surface area contributed by atoms with E-state index in [1.807, 2.05) is 31.2 Å². The zero-order valence-corrected chi connectivity index (χ0v) is 16.1. The number of nitrogens with one attached hydrogen (secondary N) is 1. The van der Waals surface area contributed by atoms with Crippen molar-refractivity contribution in [2.45, 2.75) is 6.92 Å². The van der Waals surface area contributed by atoms with E-state index in [1.165, 1.54) is 7.11 Å². The molecule has 28 heavy (non-hydrogen) atoms. The van der Waals surface area contributed by atoms with Gasteiger partial charge < -0.3 is 14.5 Å². The van der Waals surface area contributed by atoms with Gasteiger partial charge in [0.1, 0.15) is 11.3 Å². The number of para-hydroxylation sites is 1. The van der Waals surface area contributed by atoms with Crippen molar-refractivity contribution in [1.82, 2.24) is 4.98 Å². The highest BCUT2D eigenvalue weighted by atomic mass is 35.5. The van der Waals surface area contributed by atoms with E-state index in [-0.39, 0.29) is 5.91 Å². The predicted molar refractivity (Wildman–Crippen MR) is 110 cm³/mol. The van der Waals surface area contributed by atoms with Crippen LogP contribution < -0.4 is 10.1 Å². The Hall–Kier alpha value is -3.31. The summed E-state index contributed by atoms with van der Waals surface area (Å²) in [7, 11) is 1.54. The second kappa shape index (κ2) is 7.37. The van der Waals surface area contributed by atoms with Crippen molar-refractivity contribution in [1.29, 1.82) is 0 Å². The molecule has 0 aliphatic heterocycles. The molecule has 0 aliphatic carbocycles. The number of halogens is 1. The number of aromatic nitrogens is 1. The molecule has 0 bridgehead atoms.